The molecule has 2 aliphatic heterocycles. The number of fused-ring (bicyclic) bond motifs is 2. The minimum atomic E-state index is -0.398. The van der Waals surface area contributed by atoms with Gasteiger partial charge in [-0.1, -0.05) is 0 Å². The highest BCUT2D eigenvalue weighted by Crippen LogP contribution is 2.27. The van der Waals surface area contributed by atoms with Gasteiger partial charge < -0.3 is 24.6 Å². The average molecular weight is 548 g/mol. The second-order valence-corrected chi connectivity index (χ2v) is 10.1. The van der Waals surface area contributed by atoms with Gasteiger partial charge in [-0.25, -0.2) is 9.59 Å². The third kappa shape index (κ3) is 5.46. The van der Waals surface area contributed by atoms with Crippen LogP contribution in [0.2, 0.25) is 0 Å². The van der Waals surface area contributed by atoms with Gasteiger partial charge in [-0.05, 0) is 55.7 Å². The highest BCUT2D eigenvalue weighted by atomic mass is 16.5. The van der Waals surface area contributed by atoms with Gasteiger partial charge in [0.2, 0.25) is 0 Å². The number of benzene rings is 2. The molecule has 212 valence electrons. The van der Waals surface area contributed by atoms with Crippen LogP contribution >= 0.6 is 0 Å². The van der Waals surface area contributed by atoms with Gasteiger partial charge >= 0.3 is 11.9 Å². The Balaban J connectivity index is 0.000000161. The molecule has 0 amide bonds. The number of esters is 2. The molecule has 6 rings (SSSR count). The molecule has 11 heteroatoms. The molecule has 4 heterocycles. The maximum absolute atomic E-state index is 11.7. The first-order valence-electron chi connectivity index (χ1n) is 13.7. The number of hydrogen-bond donors (Lipinski definition) is 1. The number of hydrogen-bond acceptors (Lipinski definition) is 9. The van der Waals surface area contributed by atoms with Gasteiger partial charge in [0, 0.05) is 75.5 Å². The van der Waals surface area contributed by atoms with Gasteiger partial charge in [-0.2, -0.15) is 10.2 Å². The lowest BCUT2D eigenvalue weighted by molar-refractivity contribution is 0.0586. The van der Waals surface area contributed by atoms with Crippen LogP contribution in [0.1, 0.15) is 40.2 Å². The van der Waals surface area contributed by atoms with Crippen molar-refractivity contribution in [1.29, 1.82) is 0 Å². The molecular formula is C29H37N7O4. The zero-order valence-corrected chi connectivity index (χ0v) is 23.6. The van der Waals surface area contributed by atoms with E-state index in [0.717, 1.165) is 61.1 Å². The van der Waals surface area contributed by atoms with E-state index in [9.17, 15) is 9.59 Å². The van der Waals surface area contributed by atoms with Crippen molar-refractivity contribution < 1.29 is 19.1 Å². The second-order valence-electron chi connectivity index (χ2n) is 10.1. The number of piperidine rings is 1. The van der Waals surface area contributed by atoms with Crippen molar-refractivity contribution in [2.24, 2.45) is 14.1 Å². The predicted octanol–water partition coefficient (Wildman–Crippen LogP) is 3.12. The Morgan fingerprint density at radius 1 is 0.700 bits per heavy atom. The Bertz CT molecular complexity index is 1400. The molecular weight excluding hydrogens is 510 g/mol. The van der Waals surface area contributed by atoms with Gasteiger partial charge in [0.25, 0.3) is 0 Å². The molecule has 0 unspecified atom stereocenters. The normalized spacial score (nSPS) is 15.6. The van der Waals surface area contributed by atoms with Gasteiger partial charge in [0.1, 0.15) is 0 Å². The van der Waals surface area contributed by atoms with E-state index in [-0.39, 0.29) is 5.97 Å². The van der Waals surface area contributed by atoms with Crippen LogP contribution in [0.4, 0.5) is 11.4 Å². The minimum absolute atomic E-state index is 0.372. The van der Waals surface area contributed by atoms with E-state index in [2.05, 4.69) is 43.5 Å². The zero-order chi connectivity index (χ0) is 28.2. The first-order valence-corrected chi connectivity index (χ1v) is 13.7. The van der Waals surface area contributed by atoms with E-state index in [0.29, 0.717) is 11.4 Å². The summed E-state index contributed by atoms with van der Waals surface area (Å²) >= 11 is 0. The summed E-state index contributed by atoms with van der Waals surface area (Å²) in [7, 11) is 6.45. The largest absolute Gasteiger partial charge is 0.464 e. The predicted molar refractivity (Wildman–Crippen MR) is 155 cm³/mol. The Morgan fingerprint density at radius 3 is 1.60 bits per heavy atom. The van der Waals surface area contributed by atoms with Crippen molar-refractivity contribution in [3.05, 3.63) is 47.8 Å². The van der Waals surface area contributed by atoms with Crippen molar-refractivity contribution >= 4 is 45.1 Å². The van der Waals surface area contributed by atoms with Crippen molar-refractivity contribution in [2.45, 2.75) is 19.3 Å². The number of nitrogens with one attached hydrogen (secondary N) is 1. The van der Waals surface area contributed by atoms with Gasteiger partial charge in [-0.15, -0.1) is 0 Å². The van der Waals surface area contributed by atoms with E-state index in [4.69, 9.17) is 9.47 Å². The Kier molecular flexibility index (Phi) is 8.20. The molecule has 2 aliphatic rings. The molecule has 0 radical (unpaired) electrons. The lowest BCUT2D eigenvalue weighted by Crippen LogP contribution is -2.43. The molecule has 0 bridgehead atoms. The van der Waals surface area contributed by atoms with E-state index in [1.165, 1.54) is 44.9 Å². The molecule has 0 saturated carbocycles. The monoisotopic (exact) mass is 547 g/mol. The van der Waals surface area contributed by atoms with E-state index >= 15 is 0 Å². The summed E-state index contributed by atoms with van der Waals surface area (Å²) in [5.74, 6) is -0.785. The summed E-state index contributed by atoms with van der Waals surface area (Å²) in [5, 5.41) is 13.5. The van der Waals surface area contributed by atoms with E-state index in [1.54, 1.807) is 9.36 Å². The first kappa shape index (κ1) is 27.4. The lowest BCUT2D eigenvalue weighted by Gasteiger charge is -2.29. The fourth-order valence-electron chi connectivity index (χ4n) is 5.45. The van der Waals surface area contributed by atoms with Crippen molar-refractivity contribution in [2.75, 3.05) is 63.3 Å². The molecule has 2 saturated heterocycles. The summed E-state index contributed by atoms with van der Waals surface area (Å²) in [6.07, 6.45) is 3.81. The fourth-order valence-corrected chi connectivity index (χ4v) is 5.45. The van der Waals surface area contributed by atoms with Crippen LogP contribution in [-0.4, -0.2) is 85.0 Å². The quantitative estimate of drug-likeness (QED) is 0.386. The van der Waals surface area contributed by atoms with Crippen LogP contribution in [0.5, 0.6) is 0 Å². The molecule has 0 atom stereocenters. The number of methoxy groups -OCH3 is 2. The summed E-state index contributed by atoms with van der Waals surface area (Å²) < 4.78 is 13.0. The number of ether oxygens (including phenoxy) is 2. The molecule has 2 fully saturated rings. The number of carbonyl (C=O) groups is 2. The number of aryl methyl sites for hydroxylation is 2. The first-order chi connectivity index (χ1) is 19.4. The molecule has 40 heavy (non-hydrogen) atoms. The molecule has 2 aromatic carbocycles. The van der Waals surface area contributed by atoms with Gasteiger partial charge in [-0.3, -0.25) is 9.36 Å². The fraction of sp³-hybridized carbons (Fsp3) is 0.448. The molecule has 0 aliphatic carbocycles. The van der Waals surface area contributed by atoms with Gasteiger partial charge in [0.05, 0.1) is 25.3 Å². The van der Waals surface area contributed by atoms with E-state index < -0.39 is 5.97 Å². The standard InChI is InChI=1S/C15H19N3O2.C14H18N4O2/c1-17-13-10-11(18-8-4-3-5-9-18)6-7-12(13)14(16-17)15(19)20-2;1-17-12-9-10(18-7-5-15-6-8-18)3-4-11(12)13(16-17)14(19)20-2/h6-7,10H,3-5,8-9H2,1-2H3;3-4,9,15H,5-8H2,1-2H3. The summed E-state index contributed by atoms with van der Waals surface area (Å²) in [5.41, 5.74) is 5.04. The average Bonchev–Trinajstić information content (AvgIpc) is 3.53. The Morgan fingerprint density at radius 2 is 1.15 bits per heavy atom. The van der Waals surface area contributed by atoms with Crippen molar-refractivity contribution in [1.82, 2.24) is 24.9 Å². The summed E-state index contributed by atoms with van der Waals surface area (Å²) in [4.78, 5) is 28.2. The summed E-state index contributed by atoms with van der Waals surface area (Å²) in [6.45, 7) is 6.19. The SMILES string of the molecule is COC(=O)c1nn(C)c2cc(N3CCCCC3)ccc12.COC(=O)c1nn(C)c2cc(N3CCNCC3)ccc12. The van der Waals surface area contributed by atoms with Crippen molar-refractivity contribution in [3.8, 4) is 0 Å². The molecule has 0 spiro atoms. The third-order valence-corrected chi connectivity index (χ3v) is 7.63. The number of rotatable bonds is 4. The molecule has 1 N–H and O–H groups in total. The second kappa shape index (κ2) is 12.0. The number of nitrogens with zero attached hydrogens (tertiary/aromatic N) is 6. The summed E-state index contributed by atoms with van der Waals surface area (Å²) in [6, 6.07) is 12.2. The topological polar surface area (TPSA) is 107 Å². The van der Waals surface area contributed by atoms with Crippen molar-refractivity contribution in [3.63, 3.8) is 0 Å². The molecule has 2 aromatic heterocycles. The number of carbonyl (C=O) groups excluding carboxylic acids is 2. The highest BCUT2D eigenvalue weighted by Gasteiger charge is 2.20. The lowest BCUT2D eigenvalue weighted by atomic mass is 10.1. The number of anilines is 2. The molecule has 11 nitrogen and oxygen atoms in total. The minimum Gasteiger partial charge on any atom is -0.464 e. The van der Waals surface area contributed by atoms with Crippen LogP contribution in [0.25, 0.3) is 21.8 Å². The van der Waals surface area contributed by atoms with E-state index in [1.807, 2.05) is 32.3 Å². The number of aromatic nitrogens is 4. The Labute approximate surface area is 233 Å². The van der Waals surface area contributed by atoms with Crippen LogP contribution in [0, 0.1) is 0 Å². The molecule has 4 aromatic rings. The maximum Gasteiger partial charge on any atom is 0.359 e. The maximum atomic E-state index is 11.7. The van der Waals surface area contributed by atoms with Crippen LogP contribution in [0.3, 0.4) is 0 Å². The van der Waals surface area contributed by atoms with Crippen LogP contribution < -0.4 is 15.1 Å². The Hall–Kier alpha value is -4.12. The van der Waals surface area contributed by atoms with Crippen LogP contribution in [0.15, 0.2) is 36.4 Å². The zero-order valence-electron chi connectivity index (χ0n) is 23.6. The van der Waals surface area contributed by atoms with Crippen LogP contribution in [-0.2, 0) is 23.6 Å². The van der Waals surface area contributed by atoms with Gasteiger partial charge in [0.15, 0.2) is 11.4 Å². The number of piperazine rings is 1. The smallest absolute Gasteiger partial charge is 0.359 e. The highest BCUT2D eigenvalue weighted by molar-refractivity contribution is 6.03. The third-order valence-electron chi connectivity index (χ3n) is 7.63.